The van der Waals surface area contributed by atoms with Crippen molar-refractivity contribution in [2.75, 3.05) is 46.2 Å². The van der Waals surface area contributed by atoms with Crippen LogP contribution in [0.3, 0.4) is 0 Å². The molecule has 174 valence electrons. The fourth-order valence-corrected chi connectivity index (χ4v) is 4.25. The Labute approximate surface area is 187 Å². The Morgan fingerprint density at radius 1 is 0.968 bits per heavy atom. The molecule has 1 amide bonds. The predicted octanol–water partition coefficient (Wildman–Crippen LogP) is 4.61. The summed E-state index contributed by atoms with van der Waals surface area (Å²) in [6, 6.07) is 6.01. The molecule has 2 aliphatic heterocycles. The van der Waals surface area contributed by atoms with Crippen LogP contribution in [0.5, 0.6) is 11.5 Å². The van der Waals surface area contributed by atoms with Crippen molar-refractivity contribution in [2.24, 2.45) is 0 Å². The number of hydrogen-bond donors (Lipinski definition) is 0. The van der Waals surface area contributed by atoms with Crippen LogP contribution in [0.1, 0.15) is 70.3 Å². The molecule has 1 fully saturated rings. The summed E-state index contributed by atoms with van der Waals surface area (Å²) < 4.78 is 16.4. The van der Waals surface area contributed by atoms with Crippen LogP contribution >= 0.6 is 0 Å². The third-order valence-corrected chi connectivity index (χ3v) is 6.16. The van der Waals surface area contributed by atoms with Crippen molar-refractivity contribution in [3.63, 3.8) is 0 Å². The summed E-state index contributed by atoms with van der Waals surface area (Å²) in [5.74, 6) is 1.84. The first kappa shape index (κ1) is 23.9. The second kappa shape index (κ2) is 13.6. The molecule has 1 aromatic carbocycles. The number of nitrogens with zero attached hydrogens (tertiary/aromatic N) is 2. The molecule has 0 saturated carbocycles. The molecule has 6 heteroatoms. The normalized spacial score (nSPS) is 15.9. The minimum atomic E-state index is 0.271. The molecule has 0 aliphatic carbocycles. The van der Waals surface area contributed by atoms with Crippen LogP contribution in [0.2, 0.25) is 0 Å². The number of morpholine rings is 1. The Balaban J connectivity index is 1.47. The first-order chi connectivity index (χ1) is 15.3. The smallest absolute Gasteiger partial charge is 0.231 e. The monoisotopic (exact) mass is 432 g/mol. The van der Waals surface area contributed by atoms with Gasteiger partial charge in [0.1, 0.15) is 0 Å². The predicted molar refractivity (Wildman–Crippen MR) is 122 cm³/mol. The summed E-state index contributed by atoms with van der Waals surface area (Å²) in [4.78, 5) is 17.5. The second-order valence-electron chi connectivity index (χ2n) is 8.68. The highest BCUT2D eigenvalue weighted by molar-refractivity contribution is 5.76. The first-order valence-corrected chi connectivity index (χ1v) is 12.2. The van der Waals surface area contributed by atoms with Crippen LogP contribution in [0, 0.1) is 0 Å². The van der Waals surface area contributed by atoms with E-state index in [2.05, 4.69) is 11.8 Å². The van der Waals surface area contributed by atoms with Gasteiger partial charge in [-0.1, -0.05) is 51.5 Å². The molecule has 1 saturated heterocycles. The molecular weight excluding hydrogens is 392 g/mol. The molecule has 31 heavy (non-hydrogen) atoms. The van der Waals surface area contributed by atoms with Gasteiger partial charge in [0.2, 0.25) is 12.7 Å². The van der Waals surface area contributed by atoms with Gasteiger partial charge in [-0.15, -0.1) is 0 Å². The summed E-state index contributed by atoms with van der Waals surface area (Å²) >= 11 is 0. The molecule has 0 bridgehead atoms. The van der Waals surface area contributed by atoms with Gasteiger partial charge in [-0.3, -0.25) is 9.69 Å². The topological polar surface area (TPSA) is 51.2 Å². The number of ether oxygens (including phenoxy) is 3. The maximum absolute atomic E-state index is 13.0. The van der Waals surface area contributed by atoms with E-state index >= 15 is 0 Å². The lowest BCUT2D eigenvalue weighted by atomic mass is 10.1. The third-order valence-electron chi connectivity index (χ3n) is 6.16. The Kier molecular flexibility index (Phi) is 10.5. The minimum absolute atomic E-state index is 0.271. The summed E-state index contributed by atoms with van der Waals surface area (Å²) in [6.07, 6.45) is 10.2. The standard InChI is InChI=1S/C25H40N2O4/c1-2-3-4-5-6-7-8-10-25(28)27(14-9-13-26-15-17-29-18-16-26)20-22-11-12-23-24(19-22)31-21-30-23/h11-12,19H,2-10,13-18,20-21H2,1H3. The molecule has 0 unspecified atom stereocenters. The van der Waals surface area contributed by atoms with E-state index in [9.17, 15) is 4.79 Å². The highest BCUT2D eigenvalue weighted by atomic mass is 16.7. The lowest BCUT2D eigenvalue weighted by Gasteiger charge is -2.28. The fraction of sp³-hybridized carbons (Fsp3) is 0.720. The lowest BCUT2D eigenvalue weighted by molar-refractivity contribution is -0.132. The highest BCUT2D eigenvalue weighted by Gasteiger charge is 2.18. The van der Waals surface area contributed by atoms with Gasteiger partial charge in [0.15, 0.2) is 11.5 Å². The summed E-state index contributed by atoms with van der Waals surface area (Å²) in [6.45, 7) is 8.59. The van der Waals surface area contributed by atoms with Crippen LogP contribution in [-0.2, 0) is 16.1 Å². The SMILES string of the molecule is CCCCCCCCCC(=O)N(CCCN1CCOCC1)Cc1ccc2c(c1)OCO2. The van der Waals surface area contributed by atoms with Crippen molar-refractivity contribution in [3.8, 4) is 11.5 Å². The van der Waals surface area contributed by atoms with Crippen molar-refractivity contribution >= 4 is 5.91 Å². The van der Waals surface area contributed by atoms with Gasteiger partial charge in [-0.2, -0.15) is 0 Å². The number of hydrogen-bond acceptors (Lipinski definition) is 5. The molecule has 1 aromatic rings. The van der Waals surface area contributed by atoms with E-state index < -0.39 is 0 Å². The maximum Gasteiger partial charge on any atom is 0.231 e. The zero-order chi connectivity index (χ0) is 21.7. The fourth-order valence-electron chi connectivity index (χ4n) is 4.25. The summed E-state index contributed by atoms with van der Waals surface area (Å²) in [7, 11) is 0. The van der Waals surface area contributed by atoms with Gasteiger partial charge in [0, 0.05) is 39.1 Å². The quantitative estimate of drug-likeness (QED) is 0.402. The number of amides is 1. The van der Waals surface area contributed by atoms with E-state index in [1.54, 1.807) is 0 Å². The van der Waals surface area contributed by atoms with Crippen LogP contribution in [0.4, 0.5) is 0 Å². The summed E-state index contributed by atoms with van der Waals surface area (Å²) in [5.41, 5.74) is 1.10. The van der Waals surface area contributed by atoms with Crippen molar-refractivity contribution < 1.29 is 19.0 Å². The highest BCUT2D eigenvalue weighted by Crippen LogP contribution is 2.32. The van der Waals surface area contributed by atoms with Crippen LogP contribution in [0.25, 0.3) is 0 Å². The van der Waals surface area contributed by atoms with E-state index in [1.165, 1.54) is 32.1 Å². The van der Waals surface area contributed by atoms with E-state index in [0.29, 0.717) is 13.0 Å². The Bertz CT molecular complexity index is 661. The molecule has 6 nitrogen and oxygen atoms in total. The largest absolute Gasteiger partial charge is 0.454 e. The van der Waals surface area contributed by atoms with E-state index in [1.807, 2.05) is 23.1 Å². The Hall–Kier alpha value is -1.79. The van der Waals surface area contributed by atoms with Gasteiger partial charge in [-0.25, -0.2) is 0 Å². The van der Waals surface area contributed by atoms with Crippen LogP contribution in [-0.4, -0.2) is 61.9 Å². The Morgan fingerprint density at radius 2 is 1.71 bits per heavy atom. The number of benzene rings is 1. The van der Waals surface area contributed by atoms with E-state index in [-0.39, 0.29) is 12.7 Å². The molecule has 0 radical (unpaired) electrons. The molecule has 3 rings (SSSR count). The molecule has 0 atom stereocenters. The number of fused-ring (bicyclic) bond motifs is 1. The number of unbranched alkanes of at least 4 members (excludes halogenated alkanes) is 6. The van der Waals surface area contributed by atoms with Gasteiger partial charge in [-0.05, 0) is 30.5 Å². The number of carbonyl (C=O) groups excluding carboxylic acids is 1. The number of carbonyl (C=O) groups is 1. The van der Waals surface area contributed by atoms with Gasteiger partial charge >= 0.3 is 0 Å². The maximum atomic E-state index is 13.0. The summed E-state index contributed by atoms with van der Waals surface area (Å²) in [5, 5.41) is 0. The Morgan fingerprint density at radius 3 is 2.52 bits per heavy atom. The van der Waals surface area contributed by atoms with E-state index in [4.69, 9.17) is 14.2 Å². The second-order valence-corrected chi connectivity index (χ2v) is 8.68. The zero-order valence-corrected chi connectivity index (χ0v) is 19.3. The third kappa shape index (κ3) is 8.34. The van der Waals surface area contributed by atoms with E-state index in [0.717, 1.165) is 75.7 Å². The lowest BCUT2D eigenvalue weighted by Crippen LogP contribution is -2.39. The zero-order valence-electron chi connectivity index (χ0n) is 19.3. The molecule has 0 aromatic heterocycles. The molecule has 0 spiro atoms. The van der Waals surface area contributed by atoms with Crippen molar-refractivity contribution in [1.82, 2.24) is 9.80 Å². The molecule has 0 N–H and O–H groups in total. The molecular formula is C25H40N2O4. The van der Waals surface area contributed by atoms with Gasteiger partial charge in [0.05, 0.1) is 13.2 Å². The molecule has 2 heterocycles. The molecule has 2 aliphatic rings. The van der Waals surface area contributed by atoms with Crippen molar-refractivity contribution in [3.05, 3.63) is 23.8 Å². The van der Waals surface area contributed by atoms with Gasteiger partial charge < -0.3 is 19.1 Å². The average molecular weight is 433 g/mol. The van der Waals surface area contributed by atoms with Gasteiger partial charge in [0.25, 0.3) is 0 Å². The minimum Gasteiger partial charge on any atom is -0.454 e. The number of rotatable bonds is 14. The van der Waals surface area contributed by atoms with Crippen molar-refractivity contribution in [2.45, 2.75) is 71.3 Å². The first-order valence-electron chi connectivity index (χ1n) is 12.2. The van der Waals surface area contributed by atoms with Crippen LogP contribution < -0.4 is 9.47 Å². The average Bonchev–Trinajstić information content (AvgIpc) is 3.26. The van der Waals surface area contributed by atoms with Crippen LogP contribution in [0.15, 0.2) is 18.2 Å². The van der Waals surface area contributed by atoms with Crippen molar-refractivity contribution in [1.29, 1.82) is 0 Å².